The predicted octanol–water partition coefficient (Wildman–Crippen LogP) is 0.708. The number of carbonyl (C=O) groups is 1. The highest BCUT2D eigenvalue weighted by atomic mass is 16.6. The van der Waals surface area contributed by atoms with E-state index in [1.54, 1.807) is 12.1 Å². The first-order valence-electron chi connectivity index (χ1n) is 5.81. The Hall–Kier alpha value is -2.77. The van der Waals surface area contributed by atoms with E-state index in [4.69, 9.17) is 14.2 Å². The van der Waals surface area contributed by atoms with E-state index in [0.29, 0.717) is 22.6 Å². The first-order chi connectivity index (χ1) is 9.74. The van der Waals surface area contributed by atoms with Crippen molar-refractivity contribution in [2.75, 3.05) is 19.6 Å². The molecule has 3 rings (SSSR count). The Morgan fingerprint density at radius 1 is 1.35 bits per heavy atom. The number of methoxy groups -OCH3 is 2. The summed E-state index contributed by atoms with van der Waals surface area (Å²) in [4.78, 5) is 17.2. The molecule has 0 spiro atoms. The maximum atomic E-state index is 12.0. The number of nitrogens with one attached hydrogen (secondary N) is 1. The van der Waals surface area contributed by atoms with Gasteiger partial charge in [0, 0.05) is 5.56 Å². The molecule has 2 heterocycles. The van der Waals surface area contributed by atoms with Gasteiger partial charge in [0.1, 0.15) is 18.2 Å². The van der Waals surface area contributed by atoms with Crippen molar-refractivity contribution in [1.82, 2.24) is 14.9 Å². The number of hydrogen-bond acceptors (Lipinski definition) is 7. The number of carbonyl (C=O) groups excluding carboxylic acids is 1. The van der Waals surface area contributed by atoms with Crippen LogP contribution in [0.3, 0.4) is 0 Å². The Bertz CT molecular complexity index is 641. The van der Waals surface area contributed by atoms with Crippen molar-refractivity contribution in [3.8, 4) is 11.5 Å². The smallest absolute Gasteiger partial charge is 0.344 e. The van der Waals surface area contributed by atoms with Gasteiger partial charge in [-0.2, -0.15) is 4.79 Å². The molecule has 0 amide bonds. The summed E-state index contributed by atoms with van der Waals surface area (Å²) < 4.78 is 15.7. The topological polar surface area (TPSA) is 87.5 Å². The van der Waals surface area contributed by atoms with Gasteiger partial charge in [0.25, 0.3) is 0 Å². The van der Waals surface area contributed by atoms with Gasteiger partial charge in [-0.15, -0.1) is 5.10 Å². The summed E-state index contributed by atoms with van der Waals surface area (Å²) in [5.74, 6) is 0.357. The van der Waals surface area contributed by atoms with Gasteiger partial charge in [-0.1, -0.05) is 0 Å². The lowest BCUT2D eigenvalue weighted by Gasteiger charge is -2.14. The van der Waals surface area contributed by atoms with Crippen LogP contribution in [-0.2, 0) is 4.74 Å². The molecule has 104 valence electrons. The summed E-state index contributed by atoms with van der Waals surface area (Å²) in [5, 5.41) is 3.90. The van der Waals surface area contributed by atoms with Crippen molar-refractivity contribution in [3.05, 3.63) is 35.9 Å². The van der Waals surface area contributed by atoms with Gasteiger partial charge in [-0.3, -0.25) is 5.43 Å². The predicted molar refractivity (Wildman–Crippen MR) is 67.1 cm³/mol. The largest absolute Gasteiger partial charge is 0.493 e. The normalized spacial score (nSPS) is 16.5. The van der Waals surface area contributed by atoms with E-state index in [9.17, 15) is 4.79 Å². The molecule has 1 aliphatic heterocycles. The Kier molecular flexibility index (Phi) is 2.90. The summed E-state index contributed by atoms with van der Waals surface area (Å²) in [6.45, 7) is 0. The lowest BCUT2D eigenvalue weighted by atomic mass is 10.1. The van der Waals surface area contributed by atoms with Crippen molar-refractivity contribution in [2.24, 2.45) is 0 Å². The Morgan fingerprint density at radius 2 is 2.20 bits per heavy atom. The van der Waals surface area contributed by atoms with E-state index in [2.05, 4.69) is 15.5 Å². The van der Waals surface area contributed by atoms with E-state index in [1.807, 2.05) is 0 Å². The molecule has 0 saturated heterocycles. The standard InChI is InChI=1S/C12H12N4O4/c1-18-8-4-3-7-9(10(8)19-2)12(17)20-11(7)15-16-6-13-5-14-16/h3-6,11,15H,1-2H3/t11-/m0/s1. The fourth-order valence-corrected chi connectivity index (χ4v) is 2.09. The second-order valence-corrected chi connectivity index (χ2v) is 4.02. The van der Waals surface area contributed by atoms with Crippen LogP contribution in [-0.4, -0.2) is 35.1 Å². The number of fused-ring (bicyclic) bond motifs is 1. The zero-order valence-corrected chi connectivity index (χ0v) is 10.9. The lowest BCUT2D eigenvalue weighted by Crippen LogP contribution is -2.21. The number of nitrogens with zero attached hydrogens (tertiary/aromatic N) is 3. The molecule has 0 radical (unpaired) electrons. The molecular formula is C12H12N4O4. The molecule has 8 heteroatoms. The van der Waals surface area contributed by atoms with Crippen LogP contribution in [0, 0.1) is 0 Å². The number of cyclic esters (lactones) is 1. The number of aromatic nitrogens is 3. The van der Waals surface area contributed by atoms with E-state index >= 15 is 0 Å². The maximum Gasteiger partial charge on any atom is 0.344 e. The minimum atomic E-state index is -0.654. The third-order valence-electron chi connectivity index (χ3n) is 2.96. The quantitative estimate of drug-likeness (QED) is 0.823. The number of esters is 1. The average Bonchev–Trinajstić information content (AvgIpc) is 3.07. The second kappa shape index (κ2) is 4.72. The average molecular weight is 276 g/mol. The van der Waals surface area contributed by atoms with Gasteiger partial charge in [-0.25, -0.2) is 9.78 Å². The van der Waals surface area contributed by atoms with Crippen LogP contribution >= 0.6 is 0 Å². The zero-order valence-electron chi connectivity index (χ0n) is 10.9. The molecule has 0 aliphatic carbocycles. The fourth-order valence-electron chi connectivity index (χ4n) is 2.09. The first-order valence-corrected chi connectivity index (χ1v) is 5.81. The van der Waals surface area contributed by atoms with Crippen molar-refractivity contribution < 1.29 is 19.0 Å². The van der Waals surface area contributed by atoms with Crippen LogP contribution in [0.2, 0.25) is 0 Å². The molecule has 1 atom stereocenters. The minimum absolute atomic E-state index is 0.351. The van der Waals surface area contributed by atoms with Gasteiger partial charge in [0.05, 0.1) is 14.2 Å². The Balaban J connectivity index is 2.01. The summed E-state index contributed by atoms with van der Waals surface area (Å²) in [6, 6.07) is 3.46. The van der Waals surface area contributed by atoms with Gasteiger partial charge in [-0.05, 0) is 12.1 Å². The monoisotopic (exact) mass is 276 g/mol. The lowest BCUT2D eigenvalue weighted by molar-refractivity contribution is 0.0409. The fraction of sp³-hybridized carbons (Fsp3) is 0.250. The van der Waals surface area contributed by atoms with Crippen molar-refractivity contribution in [3.63, 3.8) is 0 Å². The Morgan fingerprint density at radius 3 is 2.85 bits per heavy atom. The number of ether oxygens (including phenoxy) is 3. The molecule has 20 heavy (non-hydrogen) atoms. The highest BCUT2D eigenvalue weighted by Gasteiger charge is 2.36. The molecule has 0 bridgehead atoms. The van der Waals surface area contributed by atoms with Gasteiger partial charge in [0.2, 0.25) is 6.23 Å². The highest BCUT2D eigenvalue weighted by Crippen LogP contribution is 2.41. The summed E-state index contributed by atoms with van der Waals surface area (Å²) in [6.07, 6.45) is 2.19. The van der Waals surface area contributed by atoms with Crippen LogP contribution in [0.25, 0.3) is 0 Å². The van der Waals surface area contributed by atoms with Gasteiger partial charge < -0.3 is 14.2 Å². The molecule has 8 nitrogen and oxygen atoms in total. The van der Waals surface area contributed by atoms with Crippen molar-refractivity contribution in [1.29, 1.82) is 0 Å². The third-order valence-corrected chi connectivity index (χ3v) is 2.96. The van der Waals surface area contributed by atoms with Crippen molar-refractivity contribution in [2.45, 2.75) is 6.23 Å². The van der Waals surface area contributed by atoms with Crippen LogP contribution in [0.15, 0.2) is 24.8 Å². The highest BCUT2D eigenvalue weighted by molar-refractivity contribution is 5.98. The molecule has 0 saturated carbocycles. The van der Waals surface area contributed by atoms with Crippen LogP contribution in [0.4, 0.5) is 0 Å². The van der Waals surface area contributed by atoms with E-state index in [-0.39, 0.29) is 0 Å². The van der Waals surface area contributed by atoms with Crippen LogP contribution in [0.1, 0.15) is 22.1 Å². The molecule has 2 aromatic rings. The summed E-state index contributed by atoms with van der Waals surface area (Å²) in [5.41, 5.74) is 3.91. The van der Waals surface area contributed by atoms with E-state index in [0.717, 1.165) is 0 Å². The molecule has 0 fully saturated rings. The van der Waals surface area contributed by atoms with Gasteiger partial charge >= 0.3 is 5.97 Å². The van der Waals surface area contributed by atoms with E-state index in [1.165, 1.54) is 31.7 Å². The molecule has 1 aromatic heterocycles. The zero-order chi connectivity index (χ0) is 14.1. The maximum absolute atomic E-state index is 12.0. The second-order valence-electron chi connectivity index (χ2n) is 4.02. The SMILES string of the molecule is COc1ccc2c(c1OC)C(=O)O[C@@H]2Nn1cncn1. The summed E-state index contributed by atoms with van der Waals surface area (Å²) >= 11 is 0. The third kappa shape index (κ3) is 1.81. The minimum Gasteiger partial charge on any atom is -0.493 e. The summed E-state index contributed by atoms with van der Waals surface area (Å²) in [7, 11) is 2.99. The number of hydrogen-bond donors (Lipinski definition) is 1. The van der Waals surface area contributed by atoms with Crippen LogP contribution in [0.5, 0.6) is 11.5 Å². The van der Waals surface area contributed by atoms with Gasteiger partial charge in [0.15, 0.2) is 11.5 Å². The number of benzene rings is 1. The molecule has 1 aromatic carbocycles. The Labute approximate surface area is 114 Å². The van der Waals surface area contributed by atoms with Crippen LogP contribution < -0.4 is 14.9 Å². The van der Waals surface area contributed by atoms with Crippen molar-refractivity contribution >= 4 is 5.97 Å². The molecule has 1 aliphatic rings. The molecular weight excluding hydrogens is 264 g/mol. The first kappa shape index (κ1) is 12.3. The molecule has 0 unspecified atom stereocenters. The van der Waals surface area contributed by atoms with E-state index < -0.39 is 12.2 Å². The number of rotatable bonds is 4. The molecule has 1 N–H and O–H groups in total.